The fourth-order valence-electron chi connectivity index (χ4n) is 2.30. The summed E-state index contributed by atoms with van der Waals surface area (Å²) in [5.74, 6) is 0.447. The van der Waals surface area contributed by atoms with E-state index in [1.165, 1.54) is 0 Å². The smallest absolute Gasteiger partial charge is 0.164 e. The van der Waals surface area contributed by atoms with E-state index in [-0.39, 0.29) is 11.2 Å². The Kier molecular flexibility index (Phi) is 4.80. The zero-order valence-electron chi connectivity index (χ0n) is 11.6. The molecule has 0 amide bonds. The van der Waals surface area contributed by atoms with Gasteiger partial charge in [-0.15, -0.1) is 0 Å². The highest BCUT2D eigenvalue weighted by molar-refractivity contribution is 6.34. The maximum atomic E-state index is 12.1. The summed E-state index contributed by atoms with van der Waals surface area (Å²) in [4.78, 5) is 12.1. The molecule has 2 nitrogen and oxygen atoms in total. The van der Waals surface area contributed by atoms with E-state index < -0.39 is 0 Å². The molecule has 0 aromatic heterocycles. The Labute approximate surface area is 115 Å². The van der Waals surface area contributed by atoms with Gasteiger partial charge >= 0.3 is 0 Å². The van der Waals surface area contributed by atoms with Gasteiger partial charge in [-0.3, -0.25) is 4.79 Å². The van der Waals surface area contributed by atoms with Gasteiger partial charge in [-0.25, -0.2) is 0 Å². The van der Waals surface area contributed by atoms with E-state index in [0.717, 1.165) is 6.42 Å². The van der Waals surface area contributed by atoms with Crippen molar-refractivity contribution in [1.29, 1.82) is 0 Å². The van der Waals surface area contributed by atoms with Crippen LogP contribution in [0.15, 0.2) is 18.2 Å². The zero-order chi connectivity index (χ0) is 13.9. The number of hydrogen-bond donors (Lipinski definition) is 1. The molecule has 1 aromatic rings. The summed E-state index contributed by atoms with van der Waals surface area (Å²) in [5, 5.41) is 0.447. The van der Waals surface area contributed by atoms with Crippen molar-refractivity contribution in [3.05, 3.63) is 28.8 Å². The summed E-state index contributed by atoms with van der Waals surface area (Å²) in [6, 6.07) is 5.06. The second-order valence-corrected chi connectivity index (χ2v) is 6.64. The lowest BCUT2D eigenvalue weighted by atomic mass is 9.83. The maximum Gasteiger partial charge on any atom is 0.164 e. The largest absolute Gasteiger partial charge is 0.399 e. The predicted octanol–water partition coefficient (Wildman–Crippen LogP) is 4.57. The third-order valence-corrected chi connectivity index (χ3v) is 3.10. The second kappa shape index (κ2) is 5.75. The molecule has 18 heavy (non-hydrogen) atoms. The van der Waals surface area contributed by atoms with Crippen molar-refractivity contribution in [2.24, 2.45) is 11.3 Å². The Morgan fingerprint density at radius 1 is 1.39 bits per heavy atom. The monoisotopic (exact) mass is 267 g/mol. The number of benzene rings is 1. The molecule has 0 radical (unpaired) electrons. The summed E-state index contributed by atoms with van der Waals surface area (Å²) in [6.45, 7) is 8.66. The van der Waals surface area contributed by atoms with Crippen molar-refractivity contribution in [2.75, 3.05) is 5.73 Å². The van der Waals surface area contributed by atoms with Gasteiger partial charge in [-0.1, -0.05) is 39.3 Å². The molecule has 0 fully saturated rings. The highest BCUT2D eigenvalue weighted by atomic mass is 35.5. The number of anilines is 1. The SMILES string of the molecule is CC(CC(=O)c1ccc(N)cc1Cl)CC(C)(C)C. The Bertz CT molecular complexity index is 435. The van der Waals surface area contributed by atoms with Crippen LogP contribution in [0.5, 0.6) is 0 Å². The minimum Gasteiger partial charge on any atom is -0.399 e. The number of Topliss-reactive ketones (excluding diaryl/α,β-unsaturated/α-hetero) is 1. The van der Waals surface area contributed by atoms with E-state index in [0.29, 0.717) is 28.6 Å². The van der Waals surface area contributed by atoms with Crippen LogP contribution in [0.1, 0.15) is 50.9 Å². The molecule has 3 heteroatoms. The molecule has 0 aliphatic heterocycles. The highest BCUT2D eigenvalue weighted by Crippen LogP contribution is 2.28. The first-order valence-corrected chi connectivity index (χ1v) is 6.65. The van der Waals surface area contributed by atoms with Gasteiger partial charge in [0.1, 0.15) is 0 Å². The fraction of sp³-hybridized carbons (Fsp3) is 0.533. The van der Waals surface area contributed by atoms with Gasteiger partial charge in [-0.2, -0.15) is 0 Å². The number of carbonyl (C=O) groups excluding carboxylic acids is 1. The topological polar surface area (TPSA) is 43.1 Å². The first kappa shape index (κ1) is 15.0. The molecule has 2 N–H and O–H groups in total. The molecule has 1 aromatic carbocycles. The van der Waals surface area contributed by atoms with Crippen LogP contribution in [-0.2, 0) is 0 Å². The standard InChI is InChI=1S/C15H22ClNO/c1-10(9-15(2,3)4)7-14(18)12-6-5-11(17)8-13(12)16/h5-6,8,10H,7,9,17H2,1-4H3. The normalized spacial score (nSPS) is 13.4. The number of carbonyl (C=O) groups is 1. The molecule has 0 heterocycles. The van der Waals surface area contributed by atoms with Crippen molar-refractivity contribution >= 4 is 23.1 Å². The van der Waals surface area contributed by atoms with Gasteiger partial charge in [0.15, 0.2) is 5.78 Å². The maximum absolute atomic E-state index is 12.1. The van der Waals surface area contributed by atoms with Gasteiger partial charge in [-0.05, 0) is 36.0 Å². The number of halogens is 1. The third-order valence-electron chi connectivity index (χ3n) is 2.79. The molecular formula is C15H22ClNO. The van der Waals surface area contributed by atoms with Crippen molar-refractivity contribution in [2.45, 2.75) is 40.5 Å². The molecular weight excluding hydrogens is 246 g/mol. The fourth-order valence-corrected chi connectivity index (χ4v) is 2.60. The molecule has 0 saturated heterocycles. The van der Waals surface area contributed by atoms with Gasteiger partial charge in [0, 0.05) is 17.7 Å². The van der Waals surface area contributed by atoms with Crippen LogP contribution >= 0.6 is 11.6 Å². The van der Waals surface area contributed by atoms with Crippen LogP contribution in [-0.4, -0.2) is 5.78 Å². The second-order valence-electron chi connectivity index (χ2n) is 6.24. The lowest BCUT2D eigenvalue weighted by Gasteiger charge is -2.22. The van der Waals surface area contributed by atoms with E-state index >= 15 is 0 Å². The summed E-state index contributed by atoms with van der Waals surface area (Å²) in [7, 11) is 0. The van der Waals surface area contributed by atoms with Gasteiger partial charge < -0.3 is 5.73 Å². The van der Waals surface area contributed by atoms with Crippen LogP contribution in [0, 0.1) is 11.3 Å². The number of rotatable bonds is 4. The molecule has 0 aliphatic rings. The minimum absolute atomic E-state index is 0.0942. The first-order chi connectivity index (χ1) is 8.19. The van der Waals surface area contributed by atoms with Crippen LogP contribution in [0.4, 0.5) is 5.69 Å². The Morgan fingerprint density at radius 3 is 2.50 bits per heavy atom. The van der Waals surface area contributed by atoms with Crippen molar-refractivity contribution in [1.82, 2.24) is 0 Å². The molecule has 0 spiro atoms. The van der Waals surface area contributed by atoms with E-state index in [1.807, 2.05) is 0 Å². The summed E-state index contributed by atoms with van der Waals surface area (Å²) < 4.78 is 0. The minimum atomic E-state index is 0.0942. The van der Waals surface area contributed by atoms with E-state index in [4.69, 9.17) is 17.3 Å². The average Bonchev–Trinajstić information content (AvgIpc) is 2.13. The summed E-state index contributed by atoms with van der Waals surface area (Å²) in [5.41, 5.74) is 7.02. The van der Waals surface area contributed by atoms with Crippen molar-refractivity contribution in [3.8, 4) is 0 Å². The van der Waals surface area contributed by atoms with Crippen LogP contribution in [0.2, 0.25) is 5.02 Å². The zero-order valence-corrected chi connectivity index (χ0v) is 12.3. The molecule has 0 bridgehead atoms. The Morgan fingerprint density at radius 2 is 2.00 bits per heavy atom. The van der Waals surface area contributed by atoms with Gasteiger partial charge in [0.05, 0.1) is 5.02 Å². The highest BCUT2D eigenvalue weighted by Gasteiger charge is 2.19. The van der Waals surface area contributed by atoms with Gasteiger partial charge in [0.25, 0.3) is 0 Å². The third kappa shape index (κ3) is 4.69. The van der Waals surface area contributed by atoms with E-state index in [9.17, 15) is 4.79 Å². The summed E-state index contributed by atoms with van der Waals surface area (Å²) >= 11 is 6.04. The number of hydrogen-bond acceptors (Lipinski definition) is 2. The van der Waals surface area contributed by atoms with Crippen LogP contribution < -0.4 is 5.73 Å². The van der Waals surface area contributed by atoms with Crippen molar-refractivity contribution < 1.29 is 4.79 Å². The van der Waals surface area contributed by atoms with Crippen molar-refractivity contribution in [3.63, 3.8) is 0 Å². The molecule has 0 saturated carbocycles. The molecule has 1 rings (SSSR count). The van der Waals surface area contributed by atoms with Gasteiger partial charge in [0.2, 0.25) is 0 Å². The average molecular weight is 268 g/mol. The van der Waals surface area contributed by atoms with E-state index in [2.05, 4.69) is 27.7 Å². The lowest BCUT2D eigenvalue weighted by Crippen LogP contribution is -2.14. The Hall–Kier alpha value is -1.02. The Balaban J connectivity index is 2.71. The predicted molar refractivity (Wildman–Crippen MR) is 78.0 cm³/mol. The number of nitrogen functional groups attached to an aromatic ring is 1. The quantitative estimate of drug-likeness (QED) is 0.642. The number of nitrogens with two attached hydrogens (primary N) is 1. The van der Waals surface area contributed by atoms with Crippen LogP contribution in [0.25, 0.3) is 0 Å². The molecule has 100 valence electrons. The van der Waals surface area contributed by atoms with E-state index in [1.54, 1.807) is 18.2 Å². The lowest BCUT2D eigenvalue weighted by molar-refractivity contribution is 0.0954. The summed E-state index contributed by atoms with van der Waals surface area (Å²) in [6.07, 6.45) is 1.55. The molecule has 1 atom stereocenters. The van der Waals surface area contributed by atoms with Crippen LogP contribution in [0.3, 0.4) is 0 Å². The first-order valence-electron chi connectivity index (χ1n) is 6.27. The molecule has 0 aliphatic carbocycles. The number of ketones is 1. The molecule has 1 unspecified atom stereocenters.